The van der Waals surface area contributed by atoms with Crippen molar-refractivity contribution in [3.05, 3.63) is 24.4 Å². The van der Waals surface area contributed by atoms with Crippen LogP contribution in [-0.2, 0) is 9.59 Å². The van der Waals surface area contributed by atoms with E-state index in [2.05, 4.69) is 10.3 Å². The first-order valence-corrected chi connectivity index (χ1v) is 8.33. The molecule has 2 fully saturated rings. The van der Waals surface area contributed by atoms with Crippen LogP contribution in [0.15, 0.2) is 29.4 Å². The first kappa shape index (κ1) is 14.4. The molecule has 0 aromatic carbocycles. The molecule has 1 aliphatic carbocycles. The van der Waals surface area contributed by atoms with Crippen molar-refractivity contribution in [2.75, 3.05) is 18.8 Å². The van der Waals surface area contributed by atoms with Gasteiger partial charge in [-0.05, 0) is 25.0 Å². The smallest absolute Gasteiger partial charge is 0.225 e. The molecule has 3 rings (SSSR count). The summed E-state index contributed by atoms with van der Waals surface area (Å²) in [5.74, 6) is 0.766. The second kappa shape index (κ2) is 6.47. The Balaban J connectivity index is 1.37. The van der Waals surface area contributed by atoms with E-state index < -0.39 is 0 Å². The summed E-state index contributed by atoms with van der Waals surface area (Å²) >= 11 is 1.62. The number of amides is 2. The molecule has 0 bridgehead atoms. The number of pyridine rings is 1. The average molecular weight is 305 g/mol. The molecule has 1 aromatic rings. The lowest BCUT2D eigenvalue weighted by atomic mass is 10.1. The van der Waals surface area contributed by atoms with Crippen LogP contribution < -0.4 is 5.32 Å². The summed E-state index contributed by atoms with van der Waals surface area (Å²) in [6.45, 7) is 1.21. The molecule has 1 aliphatic heterocycles. The number of thioether (sulfide) groups is 1. The molecule has 0 spiro atoms. The Labute approximate surface area is 128 Å². The molecule has 2 heterocycles. The zero-order chi connectivity index (χ0) is 14.7. The zero-order valence-electron chi connectivity index (χ0n) is 11.8. The lowest BCUT2D eigenvalue weighted by Crippen LogP contribution is -2.34. The largest absolute Gasteiger partial charge is 0.355 e. The summed E-state index contributed by atoms with van der Waals surface area (Å²) in [5.41, 5.74) is 0. The van der Waals surface area contributed by atoms with Gasteiger partial charge in [-0.2, -0.15) is 0 Å². The average Bonchev–Trinajstić information content (AvgIpc) is 3.27. The minimum atomic E-state index is -0.169. The number of carbonyl (C=O) groups is 2. The standard InChI is InChI=1S/C15H19N3O2S/c19-14-9-11(10-18(14)12-4-5-12)15(20)17-7-8-21-13-3-1-2-6-16-13/h1-3,6,11-12H,4-5,7-10H2,(H,17,20)/t11-/m1/s1. The van der Waals surface area contributed by atoms with Gasteiger partial charge in [0, 0.05) is 37.5 Å². The molecule has 1 atom stereocenters. The van der Waals surface area contributed by atoms with Gasteiger partial charge in [0.25, 0.3) is 0 Å². The van der Waals surface area contributed by atoms with Gasteiger partial charge in [-0.25, -0.2) is 4.98 Å². The van der Waals surface area contributed by atoms with Crippen molar-refractivity contribution >= 4 is 23.6 Å². The molecule has 2 amide bonds. The van der Waals surface area contributed by atoms with Crippen LogP contribution in [0.1, 0.15) is 19.3 Å². The number of hydrogen-bond acceptors (Lipinski definition) is 4. The van der Waals surface area contributed by atoms with Gasteiger partial charge in [0.1, 0.15) is 0 Å². The monoisotopic (exact) mass is 305 g/mol. The number of nitrogens with one attached hydrogen (secondary N) is 1. The van der Waals surface area contributed by atoms with Gasteiger partial charge in [-0.3, -0.25) is 9.59 Å². The molecule has 0 radical (unpaired) electrons. The van der Waals surface area contributed by atoms with E-state index in [4.69, 9.17) is 0 Å². The molecule has 2 aliphatic rings. The number of likely N-dealkylation sites (tertiary alicyclic amines) is 1. The van der Waals surface area contributed by atoms with E-state index in [0.29, 0.717) is 25.6 Å². The van der Waals surface area contributed by atoms with Gasteiger partial charge in [-0.15, -0.1) is 11.8 Å². The number of carbonyl (C=O) groups excluding carboxylic acids is 2. The maximum Gasteiger partial charge on any atom is 0.225 e. The van der Waals surface area contributed by atoms with Crippen LogP contribution in [0, 0.1) is 5.92 Å². The summed E-state index contributed by atoms with van der Waals surface area (Å²) in [6, 6.07) is 6.20. The highest BCUT2D eigenvalue weighted by atomic mass is 32.2. The van der Waals surface area contributed by atoms with Gasteiger partial charge in [-0.1, -0.05) is 6.07 Å². The number of nitrogens with zero attached hydrogens (tertiary/aromatic N) is 2. The molecule has 21 heavy (non-hydrogen) atoms. The molecule has 0 unspecified atom stereocenters. The fourth-order valence-electron chi connectivity index (χ4n) is 2.55. The summed E-state index contributed by atoms with van der Waals surface area (Å²) in [7, 11) is 0. The highest BCUT2D eigenvalue weighted by Crippen LogP contribution is 2.32. The third-order valence-electron chi connectivity index (χ3n) is 3.81. The summed E-state index contributed by atoms with van der Waals surface area (Å²) < 4.78 is 0. The maximum atomic E-state index is 12.1. The maximum absolute atomic E-state index is 12.1. The molecule has 1 saturated carbocycles. The topological polar surface area (TPSA) is 62.3 Å². The van der Waals surface area contributed by atoms with E-state index in [1.807, 2.05) is 23.1 Å². The van der Waals surface area contributed by atoms with E-state index in [1.165, 1.54) is 0 Å². The van der Waals surface area contributed by atoms with Crippen LogP contribution in [0.5, 0.6) is 0 Å². The van der Waals surface area contributed by atoms with Crippen molar-refractivity contribution in [2.45, 2.75) is 30.3 Å². The first-order valence-electron chi connectivity index (χ1n) is 7.35. The van der Waals surface area contributed by atoms with Gasteiger partial charge >= 0.3 is 0 Å². The lowest BCUT2D eigenvalue weighted by molar-refractivity contribution is -0.129. The van der Waals surface area contributed by atoms with E-state index >= 15 is 0 Å². The predicted octanol–water partition coefficient (Wildman–Crippen LogP) is 1.30. The first-order chi connectivity index (χ1) is 10.2. The minimum Gasteiger partial charge on any atom is -0.355 e. The molecule has 1 N–H and O–H groups in total. The quantitative estimate of drug-likeness (QED) is 0.636. The predicted molar refractivity (Wildman–Crippen MR) is 80.8 cm³/mol. The number of hydrogen-bond donors (Lipinski definition) is 1. The summed E-state index contributed by atoms with van der Waals surface area (Å²) in [5, 5.41) is 3.89. The SMILES string of the molecule is O=C(NCCSc1ccccn1)[C@@H]1CC(=O)N(C2CC2)C1. The van der Waals surface area contributed by atoms with Crippen molar-refractivity contribution in [1.29, 1.82) is 0 Å². The van der Waals surface area contributed by atoms with Crippen molar-refractivity contribution in [2.24, 2.45) is 5.92 Å². The van der Waals surface area contributed by atoms with Crippen molar-refractivity contribution in [3.8, 4) is 0 Å². The second-order valence-corrected chi connectivity index (χ2v) is 6.60. The van der Waals surface area contributed by atoms with Crippen LogP contribution in [0.25, 0.3) is 0 Å². The van der Waals surface area contributed by atoms with Gasteiger partial charge < -0.3 is 10.2 Å². The highest BCUT2D eigenvalue weighted by Gasteiger charge is 2.41. The molecular formula is C15H19N3O2S. The molecule has 112 valence electrons. The van der Waals surface area contributed by atoms with E-state index in [9.17, 15) is 9.59 Å². The van der Waals surface area contributed by atoms with Crippen molar-refractivity contribution in [1.82, 2.24) is 15.2 Å². The van der Waals surface area contributed by atoms with Crippen LogP contribution in [-0.4, -0.2) is 46.6 Å². The fraction of sp³-hybridized carbons (Fsp3) is 0.533. The summed E-state index contributed by atoms with van der Waals surface area (Å²) in [4.78, 5) is 30.0. The van der Waals surface area contributed by atoms with E-state index in [-0.39, 0.29) is 17.7 Å². The molecule has 6 heteroatoms. The molecule has 5 nitrogen and oxygen atoms in total. The highest BCUT2D eigenvalue weighted by molar-refractivity contribution is 7.99. The Kier molecular flexibility index (Phi) is 4.43. The Bertz CT molecular complexity index is 519. The second-order valence-electron chi connectivity index (χ2n) is 5.49. The Morgan fingerprint density at radius 2 is 2.29 bits per heavy atom. The number of aromatic nitrogens is 1. The van der Waals surface area contributed by atoms with Crippen LogP contribution >= 0.6 is 11.8 Å². The van der Waals surface area contributed by atoms with E-state index in [0.717, 1.165) is 23.6 Å². The summed E-state index contributed by atoms with van der Waals surface area (Å²) in [6.07, 6.45) is 4.33. The Hall–Kier alpha value is -1.56. The Morgan fingerprint density at radius 1 is 1.43 bits per heavy atom. The van der Waals surface area contributed by atoms with Gasteiger partial charge in [0.2, 0.25) is 11.8 Å². The minimum absolute atomic E-state index is 0.00752. The Morgan fingerprint density at radius 3 is 3.00 bits per heavy atom. The molecular weight excluding hydrogens is 286 g/mol. The number of rotatable bonds is 6. The van der Waals surface area contributed by atoms with Crippen LogP contribution in [0.3, 0.4) is 0 Å². The fourth-order valence-corrected chi connectivity index (χ4v) is 3.28. The van der Waals surface area contributed by atoms with Crippen molar-refractivity contribution in [3.63, 3.8) is 0 Å². The molecule has 1 saturated heterocycles. The van der Waals surface area contributed by atoms with Gasteiger partial charge in [0.15, 0.2) is 0 Å². The van der Waals surface area contributed by atoms with Crippen molar-refractivity contribution < 1.29 is 9.59 Å². The molecule has 1 aromatic heterocycles. The lowest BCUT2D eigenvalue weighted by Gasteiger charge is -2.15. The third-order valence-corrected chi connectivity index (χ3v) is 4.75. The normalized spacial score (nSPS) is 21.6. The van der Waals surface area contributed by atoms with E-state index in [1.54, 1.807) is 18.0 Å². The van der Waals surface area contributed by atoms with Crippen LogP contribution in [0.4, 0.5) is 0 Å². The zero-order valence-corrected chi connectivity index (χ0v) is 12.6. The third kappa shape index (κ3) is 3.75. The van der Waals surface area contributed by atoms with Gasteiger partial charge in [0.05, 0.1) is 10.9 Å². The van der Waals surface area contributed by atoms with Crippen LogP contribution in [0.2, 0.25) is 0 Å².